The number of ether oxygens (including phenoxy) is 2. The average molecular weight is 288 g/mol. The second-order valence-electron chi connectivity index (χ2n) is 5.04. The summed E-state index contributed by atoms with van der Waals surface area (Å²) < 4.78 is 10.4. The van der Waals surface area contributed by atoms with Crippen LogP contribution in [0.1, 0.15) is 19.4 Å². The smallest absolute Gasteiger partial charge is 0.138 e. The molecule has 0 saturated carbocycles. The van der Waals surface area contributed by atoms with Crippen molar-refractivity contribution < 1.29 is 14.6 Å². The maximum absolute atomic E-state index is 9.60. The van der Waals surface area contributed by atoms with Gasteiger partial charge in [0.05, 0.1) is 17.2 Å². The molecule has 1 aromatic rings. The van der Waals surface area contributed by atoms with Crippen LogP contribution in [0.5, 0.6) is 5.75 Å². The zero-order chi connectivity index (χ0) is 14.3. The van der Waals surface area contributed by atoms with Crippen molar-refractivity contribution in [2.75, 3.05) is 26.9 Å². The topological polar surface area (TPSA) is 50.7 Å². The van der Waals surface area contributed by atoms with Gasteiger partial charge in [0, 0.05) is 20.2 Å². The fourth-order valence-corrected chi connectivity index (χ4v) is 1.69. The van der Waals surface area contributed by atoms with Gasteiger partial charge >= 0.3 is 0 Å². The molecule has 0 aromatic heterocycles. The Kier molecular flexibility index (Phi) is 6.58. The largest absolute Gasteiger partial charge is 0.489 e. The van der Waals surface area contributed by atoms with E-state index < -0.39 is 5.60 Å². The highest BCUT2D eigenvalue weighted by molar-refractivity contribution is 6.32. The molecule has 4 nitrogen and oxygen atoms in total. The van der Waals surface area contributed by atoms with Crippen molar-refractivity contribution in [3.05, 3.63) is 28.8 Å². The Morgan fingerprint density at radius 1 is 1.37 bits per heavy atom. The normalized spacial score (nSPS) is 11.6. The molecule has 0 amide bonds. The number of halogens is 1. The lowest BCUT2D eigenvalue weighted by molar-refractivity contribution is 0.0285. The summed E-state index contributed by atoms with van der Waals surface area (Å²) in [7, 11) is 1.67. The van der Waals surface area contributed by atoms with Crippen molar-refractivity contribution in [2.45, 2.75) is 26.0 Å². The summed E-state index contributed by atoms with van der Waals surface area (Å²) in [5, 5.41) is 13.4. The van der Waals surface area contributed by atoms with Crippen LogP contribution < -0.4 is 10.1 Å². The summed E-state index contributed by atoms with van der Waals surface area (Å²) >= 11 is 6.14. The van der Waals surface area contributed by atoms with Gasteiger partial charge in [-0.05, 0) is 31.5 Å². The number of aliphatic hydroxyl groups is 1. The van der Waals surface area contributed by atoms with Crippen molar-refractivity contribution >= 4 is 11.6 Å². The first-order valence-electron chi connectivity index (χ1n) is 6.25. The van der Waals surface area contributed by atoms with Crippen LogP contribution in [0.25, 0.3) is 0 Å². The molecule has 2 N–H and O–H groups in total. The number of benzene rings is 1. The number of rotatable bonds is 8. The minimum absolute atomic E-state index is 0.207. The second kappa shape index (κ2) is 7.70. The molecule has 0 fully saturated rings. The predicted molar refractivity (Wildman–Crippen MR) is 76.8 cm³/mol. The summed E-state index contributed by atoms with van der Waals surface area (Å²) in [6.07, 6.45) is 0. The van der Waals surface area contributed by atoms with Crippen LogP contribution in [0, 0.1) is 0 Å². The fourth-order valence-electron chi connectivity index (χ4n) is 1.43. The van der Waals surface area contributed by atoms with E-state index in [-0.39, 0.29) is 6.61 Å². The Morgan fingerprint density at radius 2 is 2.11 bits per heavy atom. The van der Waals surface area contributed by atoms with E-state index in [2.05, 4.69) is 5.32 Å². The van der Waals surface area contributed by atoms with E-state index in [9.17, 15) is 5.11 Å². The summed E-state index contributed by atoms with van der Waals surface area (Å²) in [5.41, 5.74) is 0.209. The SMILES string of the molecule is COCCNCc1ccc(OCC(C)(C)O)c(Cl)c1. The van der Waals surface area contributed by atoms with Crippen LogP contribution in [0.2, 0.25) is 5.02 Å². The molecule has 0 saturated heterocycles. The van der Waals surface area contributed by atoms with Crippen molar-refractivity contribution in [3.8, 4) is 5.75 Å². The van der Waals surface area contributed by atoms with Crippen LogP contribution in [0.3, 0.4) is 0 Å². The van der Waals surface area contributed by atoms with Gasteiger partial charge in [0.25, 0.3) is 0 Å². The first-order chi connectivity index (χ1) is 8.92. The van der Waals surface area contributed by atoms with Crippen LogP contribution in [0.15, 0.2) is 18.2 Å². The summed E-state index contributed by atoms with van der Waals surface area (Å²) in [6, 6.07) is 5.63. The standard InChI is InChI=1S/C14H22ClNO3/c1-14(2,17)10-19-13-5-4-11(8-12(13)15)9-16-6-7-18-3/h4-5,8,16-17H,6-7,9-10H2,1-3H3. The summed E-state index contributed by atoms with van der Waals surface area (Å²) in [5.74, 6) is 0.587. The Balaban J connectivity index is 2.49. The van der Waals surface area contributed by atoms with Crippen molar-refractivity contribution in [3.63, 3.8) is 0 Å². The lowest BCUT2D eigenvalue weighted by Gasteiger charge is -2.18. The molecule has 0 atom stereocenters. The van der Waals surface area contributed by atoms with E-state index in [1.54, 1.807) is 21.0 Å². The molecule has 0 unspecified atom stereocenters. The number of hydrogen-bond donors (Lipinski definition) is 2. The zero-order valence-corrected chi connectivity index (χ0v) is 12.5. The Labute approximate surface area is 119 Å². The van der Waals surface area contributed by atoms with Crippen LogP contribution >= 0.6 is 11.6 Å². The van der Waals surface area contributed by atoms with E-state index in [0.717, 1.165) is 18.7 Å². The molecule has 0 heterocycles. The molecule has 0 bridgehead atoms. The Morgan fingerprint density at radius 3 is 2.68 bits per heavy atom. The van der Waals surface area contributed by atoms with Gasteiger partial charge in [-0.15, -0.1) is 0 Å². The van der Waals surface area contributed by atoms with Gasteiger partial charge in [-0.1, -0.05) is 17.7 Å². The highest BCUT2D eigenvalue weighted by atomic mass is 35.5. The molecule has 0 aliphatic rings. The third-order valence-corrected chi connectivity index (χ3v) is 2.68. The Bertz CT molecular complexity index is 391. The maximum atomic E-state index is 9.60. The first-order valence-corrected chi connectivity index (χ1v) is 6.63. The summed E-state index contributed by atoms with van der Waals surface area (Å²) in [4.78, 5) is 0. The highest BCUT2D eigenvalue weighted by Gasteiger charge is 2.14. The van der Waals surface area contributed by atoms with E-state index in [1.807, 2.05) is 18.2 Å². The van der Waals surface area contributed by atoms with Crippen molar-refractivity contribution in [1.82, 2.24) is 5.32 Å². The van der Waals surface area contributed by atoms with E-state index in [1.165, 1.54) is 0 Å². The number of methoxy groups -OCH3 is 1. The zero-order valence-electron chi connectivity index (χ0n) is 11.7. The molecular formula is C14H22ClNO3. The van der Waals surface area contributed by atoms with Crippen molar-refractivity contribution in [1.29, 1.82) is 0 Å². The Hall–Kier alpha value is -0.810. The van der Waals surface area contributed by atoms with Gasteiger partial charge in [0.1, 0.15) is 12.4 Å². The predicted octanol–water partition coefficient (Wildman–Crippen LogP) is 2.23. The highest BCUT2D eigenvalue weighted by Crippen LogP contribution is 2.26. The molecule has 5 heteroatoms. The molecular weight excluding hydrogens is 266 g/mol. The van der Waals surface area contributed by atoms with Crippen LogP contribution in [0.4, 0.5) is 0 Å². The van der Waals surface area contributed by atoms with E-state index in [4.69, 9.17) is 21.1 Å². The van der Waals surface area contributed by atoms with Gasteiger partial charge in [0.2, 0.25) is 0 Å². The lowest BCUT2D eigenvalue weighted by Crippen LogP contribution is -2.27. The maximum Gasteiger partial charge on any atom is 0.138 e. The van der Waals surface area contributed by atoms with Gasteiger partial charge in [0.15, 0.2) is 0 Å². The molecule has 0 spiro atoms. The van der Waals surface area contributed by atoms with E-state index in [0.29, 0.717) is 17.4 Å². The second-order valence-corrected chi connectivity index (χ2v) is 5.44. The number of nitrogens with one attached hydrogen (secondary N) is 1. The fraction of sp³-hybridized carbons (Fsp3) is 0.571. The van der Waals surface area contributed by atoms with Gasteiger partial charge in [-0.25, -0.2) is 0 Å². The van der Waals surface area contributed by atoms with Gasteiger partial charge < -0.3 is 19.9 Å². The quantitative estimate of drug-likeness (QED) is 0.720. The monoisotopic (exact) mass is 287 g/mol. The first kappa shape index (κ1) is 16.2. The van der Waals surface area contributed by atoms with Crippen molar-refractivity contribution in [2.24, 2.45) is 0 Å². The molecule has 1 rings (SSSR count). The molecule has 0 aliphatic heterocycles. The summed E-state index contributed by atoms with van der Waals surface area (Å²) in [6.45, 7) is 5.79. The molecule has 0 aliphatic carbocycles. The molecule has 0 radical (unpaired) electrons. The van der Waals surface area contributed by atoms with Crippen LogP contribution in [-0.4, -0.2) is 37.6 Å². The molecule has 19 heavy (non-hydrogen) atoms. The van der Waals surface area contributed by atoms with Gasteiger partial charge in [-0.2, -0.15) is 0 Å². The minimum Gasteiger partial charge on any atom is -0.489 e. The third-order valence-electron chi connectivity index (χ3n) is 2.39. The third kappa shape index (κ3) is 6.78. The van der Waals surface area contributed by atoms with E-state index >= 15 is 0 Å². The average Bonchev–Trinajstić information content (AvgIpc) is 2.32. The lowest BCUT2D eigenvalue weighted by atomic mass is 10.1. The number of hydrogen-bond acceptors (Lipinski definition) is 4. The molecule has 1 aromatic carbocycles. The van der Waals surface area contributed by atoms with Gasteiger partial charge in [-0.3, -0.25) is 0 Å². The van der Waals surface area contributed by atoms with Crippen LogP contribution in [-0.2, 0) is 11.3 Å². The minimum atomic E-state index is -0.871. The molecule has 108 valence electrons.